The van der Waals surface area contributed by atoms with Crippen molar-refractivity contribution in [2.75, 3.05) is 0 Å². The van der Waals surface area contributed by atoms with Crippen LogP contribution in [0.1, 0.15) is 23.9 Å². The lowest BCUT2D eigenvalue weighted by molar-refractivity contribution is 0.483. The third kappa shape index (κ3) is 3.96. The molecule has 10 heteroatoms. The number of benzene rings is 2. The number of rotatable bonds is 4. The molecule has 0 saturated carbocycles. The SMILES string of the molecule is CCc1cc(C)c2cc(Oc3c(Cl)cc(-n4nc(C#N)c(=O)[nH]c4=O)cc3Cl)ccc2n1. The average molecular weight is 468 g/mol. The summed E-state index contributed by atoms with van der Waals surface area (Å²) in [5.41, 5.74) is 0.923. The standard InChI is InChI=1S/C22H15Cl2N5O3/c1-3-12-6-11(2)15-9-14(4-5-18(15)26-12)32-20-16(23)7-13(8-17(20)24)29-22(31)27-21(30)19(10-25)28-29/h4-9H,3H2,1-2H3,(H,27,30,31). The average Bonchev–Trinajstić information content (AvgIpc) is 2.76. The van der Waals surface area contributed by atoms with Crippen molar-refractivity contribution in [2.24, 2.45) is 0 Å². The Morgan fingerprint density at radius 2 is 1.88 bits per heavy atom. The predicted octanol–water partition coefficient (Wildman–Crippen LogP) is 4.31. The molecule has 0 aliphatic carbocycles. The molecule has 8 nitrogen and oxygen atoms in total. The summed E-state index contributed by atoms with van der Waals surface area (Å²) in [6.07, 6.45) is 0.843. The lowest BCUT2D eigenvalue weighted by atomic mass is 10.1. The lowest BCUT2D eigenvalue weighted by Gasteiger charge is -2.13. The number of ether oxygens (including phenoxy) is 1. The van der Waals surface area contributed by atoms with Gasteiger partial charge in [0.05, 0.1) is 21.2 Å². The number of nitriles is 1. The third-order valence-corrected chi connectivity index (χ3v) is 5.35. The van der Waals surface area contributed by atoms with Crippen LogP contribution in [0.25, 0.3) is 16.6 Å². The van der Waals surface area contributed by atoms with E-state index in [0.717, 1.165) is 33.3 Å². The fraction of sp³-hybridized carbons (Fsp3) is 0.136. The summed E-state index contributed by atoms with van der Waals surface area (Å²) >= 11 is 12.8. The molecule has 0 unspecified atom stereocenters. The first-order chi connectivity index (χ1) is 15.3. The summed E-state index contributed by atoms with van der Waals surface area (Å²) in [7, 11) is 0. The van der Waals surface area contributed by atoms with E-state index in [-0.39, 0.29) is 21.5 Å². The number of aromatic amines is 1. The van der Waals surface area contributed by atoms with E-state index in [1.165, 1.54) is 12.1 Å². The first-order valence-electron chi connectivity index (χ1n) is 9.52. The van der Waals surface area contributed by atoms with Crippen LogP contribution in [0.3, 0.4) is 0 Å². The number of halogens is 2. The predicted molar refractivity (Wildman–Crippen MR) is 121 cm³/mol. The molecule has 0 fully saturated rings. The van der Waals surface area contributed by atoms with Crippen molar-refractivity contribution in [3.05, 3.63) is 84.2 Å². The van der Waals surface area contributed by atoms with Crippen molar-refractivity contribution in [2.45, 2.75) is 20.3 Å². The highest BCUT2D eigenvalue weighted by molar-refractivity contribution is 6.37. The fourth-order valence-corrected chi connectivity index (χ4v) is 3.77. The zero-order valence-corrected chi connectivity index (χ0v) is 18.5. The summed E-state index contributed by atoms with van der Waals surface area (Å²) < 4.78 is 6.77. The van der Waals surface area contributed by atoms with E-state index in [9.17, 15) is 9.59 Å². The van der Waals surface area contributed by atoms with Crippen LogP contribution in [0.4, 0.5) is 0 Å². The molecule has 160 valence electrons. The van der Waals surface area contributed by atoms with E-state index in [4.69, 9.17) is 33.2 Å². The molecule has 0 aliphatic rings. The van der Waals surface area contributed by atoms with Gasteiger partial charge < -0.3 is 4.74 Å². The first-order valence-corrected chi connectivity index (χ1v) is 10.3. The Balaban J connectivity index is 1.74. The number of nitrogens with zero attached hydrogens (tertiary/aromatic N) is 4. The molecule has 2 aromatic carbocycles. The van der Waals surface area contributed by atoms with E-state index in [1.54, 1.807) is 12.1 Å². The van der Waals surface area contributed by atoms with E-state index in [1.807, 2.05) is 30.1 Å². The lowest BCUT2D eigenvalue weighted by Crippen LogP contribution is -2.33. The molecule has 1 N–H and O–H groups in total. The molecular weight excluding hydrogens is 453 g/mol. The molecule has 0 spiro atoms. The number of hydrogen-bond acceptors (Lipinski definition) is 6. The van der Waals surface area contributed by atoms with Crippen LogP contribution in [-0.2, 0) is 6.42 Å². The number of hydrogen-bond donors (Lipinski definition) is 1. The monoisotopic (exact) mass is 467 g/mol. The first kappa shape index (κ1) is 21.6. The van der Waals surface area contributed by atoms with Crippen LogP contribution in [0.5, 0.6) is 11.5 Å². The zero-order valence-electron chi connectivity index (χ0n) is 16.9. The molecule has 4 aromatic rings. The molecule has 0 atom stereocenters. The summed E-state index contributed by atoms with van der Waals surface area (Å²) in [6.45, 7) is 4.06. The second-order valence-electron chi connectivity index (χ2n) is 6.94. The Labute approximate surface area is 191 Å². The van der Waals surface area contributed by atoms with E-state index < -0.39 is 16.9 Å². The molecule has 4 rings (SSSR count). The maximum Gasteiger partial charge on any atom is 0.349 e. The quantitative estimate of drug-likeness (QED) is 0.478. The summed E-state index contributed by atoms with van der Waals surface area (Å²) in [6, 6.07) is 11.9. The van der Waals surface area contributed by atoms with Gasteiger partial charge in [0.25, 0.3) is 5.56 Å². The van der Waals surface area contributed by atoms with Gasteiger partial charge in [-0.25, -0.2) is 4.79 Å². The van der Waals surface area contributed by atoms with Crippen molar-refractivity contribution < 1.29 is 4.74 Å². The van der Waals surface area contributed by atoms with Gasteiger partial charge in [-0.15, -0.1) is 5.10 Å². The normalized spacial score (nSPS) is 10.8. The largest absolute Gasteiger partial charge is 0.454 e. The second kappa shape index (κ2) is 8.46. The van der Waals surface area contributed by atoms with E-state index in [0.29, 0.717) is 5.75 Å². The summed E-state index contributed by atoms with van der Waals surface area (Å²) in [5, 5.41) is 13.9. The van der Waals surface area contributed by atoms with Gasteiger partial charge in [0.1, 0.15) is 11.8 Å². The Bertz CT molecular complexity index is 1510. The van der Waals surface area contributed by atoms with Crippen molar-refractivity contribution in [3.63, 3.8) is 0 Å². The van der Waals surface area contributed by atoms with Crippen LogP contribution in [0.2, 0.25) is 10.0 Å². The number of pyridine rings is 1. The minimum atomic E-state index is -0.877. The summed E-state index contributed by atoms with van der Waals surface area (Å²) in [5.74, 6) is 0.694. The molecule has 0 amide bonds. The smallest absolute Gasteiger partial charge is 0.349 e. The molecule has 0 bridgehead atoms. The topological polar surface area (TPSA) is 114 Å². The van der Waals surface area contributed by atoms with Crippen molar-refractivity contribution in [1.29, 1.82) is 5.26 Å². The number of aromatic nitrogens is 4. The Hall–Kier alpha value is -3.67. The Kier molecular flexibility index (Phi) is 5.70. The minimum absolute atomic E-state index is 0.113. The Morgan fingerprint density at radius 1 is 1.16 bits per heavy atom. The van der Waals surface area contributed by atoms with Crippen LogP contribution in [-0.4, -0.2) is 19.7 Å². The number of fused-ring (bicyclic) bond motifs is 1. The van der Waals surface area contributed by atoms with Gasteiger partial charge in [-0.3, -0.25) is 14.8 Å². The van der Waals surface area contributed by atoms with Gasteiger partial charge in [0, 0.05) is 11.1 Å². The highest BCUT2D eigenvalue weighted by Crippen LogP contribution is 2.38. The maximum absolute atomic E-state index is 12.1. The molecule has 2 heterocycles. The minimum Gasteiger partial charge on any atom is -0.454 e. The molecule has 0 aliphatic heterocycles. The number of H-pyrrole nitrogens is 1. The fourth-order valence-electron chi connectivity index (χ4n) is 3.22. The van der Waals surface area contributed by atoms with Crippen LogP contribution < -0.4 is 16.0 Å². The van der Waals surface area contributed by atoms with E-state index >= 15 is 0 Å². The third-order valence-electron chi connectivity index (χ3n) is 4.78. The number of aryl methyl sites for hydroxylation is 2. The second-order valence-corrected chi connectivity index (χ2v) is 7.75. The number of nitrogens with one attached hydrogen (secondary N) is 1. The van der Waals surface area contributed by atoms with Gasteiger partial charge in [0.2, 0.25) is 5.69 Å². The van der Waals surface area contributed by atoms with Crippen molar-refractivity contribution in [3.8, 4) is 23.3 Å². The molecular formula is C22H15Cl2N5O3. The zero-order chi connectivity index (χ0) is 23.0. The van der Waals surface area contributed by atoms with Crippen molar-refractivity contribution in [1.82, 2.24) is 19.7 Å². The van der Waals surface area contributed by atoms with Crippen LogP contribution >= 0.6 is 23.2 Å². The molecule has 32 heavy (non-hydrogen) atoms. The van der Waals surface area contributed by atoms with Gasteiger partial charge in [0.15, 0.2) is 5.75 Å². The maximum atomic E-state index is 12.1. The van der Waals surface area contributed by atoms with Gasteiger partial charge in [-0.05, 0) is 55.3 Å². The summed E-state index contributed by atoms with van der Waals surface area (Å²) in [4.78, 5) is 30.3. The van der Waals surface area contributed by atoms with Gasteiger partial charge >= 0.3 is 5.69 Å². The Morgan fingerprint density at radius 3 is 2.53 bits per heavy atom. The van der Waals surface area contributed by atoms with Crippen LogP contribution in [0.15, 0.2) is 46.0 Å². The highest BCUT2D eigenvalue weighted by atomic mass is 35.5. The van der Waals surface area contributed by atoms with Gasteiger partial charge in [-0.2, -0.15) is 9.94 Å². The molecule has 0 saturated heterocycles. The van der Waals surface area contributed by atoms with E-state index in [2.05, 4.69) is 17.0 Å². The molecule has 2 aromatic heterocycles. The van der Waals surface area contributed by atoms with Crippen LogP contribution in [0, 0.1) is 18.3 Å². The molecule has 0 radical (unpaired) electrons. The highest BCUT2D eigenvalue weighted by Gasteiger charge is 2.15. The van der Waals surface area contributed by atoms with Crippen molar-refractivity contribution >= 4 is 34.1 Å². The van der Waals surface area contributed by atoms with Gasteiger partial charge in [-0.1, -0.05) is 30.1 Å².